The number of fused-ring (bicyclic) bond motifs is 1. The minimum atomic E-state index is -0.821. The van der Waals surface area contributed by atoms with Crippen LogP contribution in [-0.2, 0) is 27.2 Å². The molecule has 0 bridgehead atoms. The van der Waals surface area contributed by atoms with E-state index in [0.29, 0.717) is 12.8 Å². The Morgan fingerprint density at radius 3 is 2.69 bits per heavy atom. The monoisotopic (exact) mass is 222 g/mol. The van der Waals surface area contributed by atoms with Crippen molar-refractivity contribution in [3.63, 3.8) is 0 Å². The zero-order chi connectivity index (χ0) is 11.7. The van der Waals surface area contributed by atoms with Crippen molar-refractivity contribution in [3.05, 3.63) is 35.1 Å². The van der Waals surface area contributed by atoms with E-state index in [-0.39, 0.29) is 5.82 Å². The Bertz CT molecular complexity index is 454. The van der Waals surface area contributed by atoms with Gasteiger partial charge in [0.05, 0.1) is 7.11 Å². The number of benzene rings is 1. The first-order chi connectivity index (χ1) is 7.61. The van der Waals surface area contributed by atoms with Crippen LogP contribution in [0.4, 0.5) is 4.39 Å². The number of halogens is 1. The summed E-state index contributed by atoms with van der Waals surface area (Å²) in [5, 5.41) is 0. The van der Waals surface area contributed by atoms with Gasteiger partial charge in [0.2, 0.25) is 5.78 Å². The Morgan fingerprint density at radius 2 is 2.00 bits per heavy atom. The van der Waals surface area contributed by atoms with E-state index in [4.69, 9.17) is 0 Å². The Balaban J connectivity index is 2.17. The smallest absolute Gasteiger partial charge is 0.374 e. The van der Waals surface area contributed by atoms with Gasteiger partial charge in [0.1, 0.15) is 5.82 Å². The average molecular weight is 222 g/mol. The molecule has 0 aromatic heterocycles. The van der Waals surface area contributed by atoms with Crippen molar-refractivity contribution in [2.75, 3.05) is 7.11 Å². The van der Waals surface area contributed by atoms with E-state index in [1.54, 1.807) is 6.07 Å². The van der Waals surface area contributed by atoms with E-state index >= 15 is 0 Å². The summed E-state index contributed by atoms with van der Waals surface area (Å²) < 4.78 is 17.3. The number of ketones is 1. The molecule has 0 spiro atoms. The van der Waals surface area contributed by atoms with E-state index in [1.807, 2.05) is 0 Å². The summed E-state index contributed by atoms with van der Waals surface area (Å²) in [7, 11) is 1.18. The van der Waals surface area contributed by atoms with Gasteiger partial charge in [-0.2, -0.15) is 0 Å². The fourth-order valence-electron chi connectivity index (χ4n) is 2.04. The predicted molar refractivity (Wildman–Crippen MR) is 54.3 cm³/mol. The molecule has 1 aromatic rings. The molecule has 1 unspecified atom stereocenters. The third-order valence-corrected chi connectivity index (χ3v) is 2.86. The van der Waals surface area contributed by atoms with Crippen LogP contribution >= 0.6 is 0 Å². The first-order valence-corrected chi connectivity index (χ1v) is 5.01. The molecule has 0 radical (unpaired) electrons. The highest BCUT2D eigenvalue weighted by atomic mass is 19.1. The number of esters is 1. The fraction of sp³-hybridized carbons (Fsp3) is 0.333. The molecule has 0 N–H and O–H groups in total. The van der Waals surface area contributed by atoms with Crippen LogP contribution in [0.1, 0.15) is 11.1 Å². The zero-order valence-electron chi connectivity index (χ0n) is 8.83. The molecule has 0 saturated carbocycles. The summed E-state index contributed by atoms with van der Waals surface area (Å²) in [4.78, 5) is 22.6. The average Bonchev–Trinajstić information content (AvgIpc) is 2.69. The van der Waals surface area contributed by atoms with Gasteiger partial charge in [-0.25, -0.2) is 9.18 Å². The summed E-state index contributed by atoms with van der Waals surface area (Å²) >= 11 is 0. The van der Waals surface area contributed by atoms with E-state index in [9.17, 15) is 14.0 Å². The molecule has 4 heteroatoms. The molecule has 2 rings (SSSR count). The van der Waals surface area contributed by atoms with E-state index < -0.39 is 17.7 Å². The van der Waals surface area contributed by atoms with Crippen molar-refractivity contribution in [1.82, 2.24) is 0 Å². The second-order valence-electron chi connectivity index (χ2n) is 3.87. The molecule has 1 aromatic carbocycles. The third-order valence-electron chi connectivity index (χ3n) is 2.86. The van der Waals surface area contributed by atoms with E-state index in [1.165, 1.54) is 19.2 Å². The highest BCUT2D eigenvalue weighted by Crippen LogP contribution is 2.28. The second kappa shape index (κ2) is 4.04. The number of hydrogen-bond donors (Lipinski definition) is 0. The molecule has 0 fully saturated rings. The fourth-order valence-corrected chi connectivity index (χ4v) is 2.04. The summed E-state index contributed by atoms with van der Waals surface area (Å²) in [5.41, 5.74) is 1.74. The van der Waals surface area contributed by atoms with Crippen molar-refractivity contribution in [3.8, 4) is 0 Å². The van der Waals surface area contributed by atoms with Crippen molar-refractivity contribution >= 4 is 11.8 Å². The lowest BCUT2D eigenvalue weighted by atomic mass is 10.0. The van der Waals surface area contributed by atoms with Crippen LogP contribution in [0.15, 0.2) is 18.2 Å². The predicted octanol–water partition coefficient (Wildman–Crippen LogP) is 1.28. The number of ether oxygens (including phenoxy) is 1. The van der Waals surface area contributed by atoms with Gasteiger partial charge >= 0.3 is 5.97 Å². The molecule has 84 valence electrons. The van der Waals surface area contributed by atoms with Gasteiger partial charge in [0.25, 0.3) is 0 Å². The number of methoxy groups -OCH3 is 1. The van der Waals surface area contributed by atoms with Gasteiger partial charge in [0, 0.05) is 5.92 Å². The third kappa shape index (κ3) is 1.83. The van der Waals surface area contributed by atoms with Crippen LogP contribution in [0.25, 0.3) is 0 Å². The van der Waals surface area contributed by atoms with E-state index in [0.717, 1.165) is 11.1 Å². The minimum Gasteiger partial charge on any atom is -0.463 e. The lowest BCUT2D eigenvalue weighted by Gasteiger charge is -2.04. The molecule has 0 amide bonds. The highest BCUT2D eigenvalue weighted by molar-refractivity contribution is 6.34. The second-order valence-corrected chi connectivity index (χ2v) is 3.87. The van der Waals surface area contributed by atoms with Gasteiger partial charge in [-0.05, 0) is 36.1 Å². The number of carbonyl (C=O) groups is 2. The van der Waals surface area contributed by atoms with Crippen molar-refractivity contribution in [1.29, 1.82) is 0 Å². The maximum absolute atomic E-state index is 12.9. The maximum atomic E-state index is 12.9. The maximum Gasteiger partial charge on any atom is 0.374 e. The molecule has 1 atom stereocenters. The molecular formula is C12H11FO3. The van der Waals surface area contributed by atoms with Gasteiger partial charge in [-0.1, -0.05) is 6.07 Å². The number of Topliss-reactive ketones (excluding diaryl/α,β-unsaturated/α-hetero) is 1. The van der Waals surface area contributed by atoms with Crippen LogP contribution in [0.5, 0.6) is 0 Å². The van der Waals surface area contributed by atoms with Gasteiger partial charge < -0.3 is 4.74 Å². The molecule has 0 saturated heterocycles. The molecule has 16 heavy (non-hydrogen) atoms. The molecule has 0 heterocycles. The molecule has 0 aliphatic heterocycles. The van der Waals surface area contributed by atoms with Gasteiger partial charge in [-0.3, -0.25) is 4.79 Å². The van der Waals surface area contributed by atoms with E-state index in [2.05, 4.69) is 4.74 Å². The molecular weight excluding hydrogens is 211 g/mol. The SMILES string of the molecule is COC(=O)C(=O)C1Cc2ccc(F)cc2C1. The van der Waals surface area contributed by atoms with Crippen LogP contribution in [0.2, 0.25) is 0 Å². The Labute approximate surface area is 92.2 Å². The van der Waals surface area contributed by atoms with Crippen LogP contribution in [-0.4, -0.2) is 18.9 Å². The number of rotatable bonds is 2. The van der Waals surface area contributed by atoms with Crippen molar-refractivity contribution in [2.24, 2.45) is 5.92 Å². The number of hydrogen-bond acceptors (Lipinski definition) is 3. The Kier molecular flexibility index (Phi) is 2.73. The van der Waals surface area contributed by atoms with Crippen LogP contribution < -0.4 is 0 Å². The molecule has 3 nitrogen and oxygen atoms in total. The van der Waals surface area contributed by atoms with Crippen molar-refractivity contribution < 1.29 is 18.7 Å². The van der Waals surface area contributed by atoms with Gasteiger partial charge in [-0.15, -0.1) is 0 Å². The number of carbonyl (C=O) groups excluding carboxylic acids is 2. The first-order valence-electron chi connectivity index (χ1n) is 5.01. The summed E-state index contributed by atoms with van der Waals surface area (Å²) in [6, 6.07) is 4.44. The first kappa shape index (κ1) is 10.8. The lowest BCUT2D eigenvalue weighted by Crippen LogP contribution is -2.25. The topological polar surface area (TPSA) is 43.4 Å². The highest BCUT2D eigenvalue weighted by Gasteiger charge is 2.32. The Hall–Kier alpha value is -1.71. The Morgan fingerprint density at radius 1 is 1.31 bits per heavy atom. The standard InChI is InChI=1S/C12H11FO3/c1-16-12(15)11(14)9-4-7-2-3-10(13)6-8(7)5-9/h2-3,6,9H,4-5H2,1H3. The minimum absolute atomic E-state index is 0.315. The summed E-state index contributed by atoms with van der Waals surface area (Å²) in [6.45, 7) is 0. The quantitative estimate of drug-likeness (QED) is 0.559. The van der Waals surface area contributed by atoms with Crippen LogP contribution in [0, 0.1) is 11.7 Å². The van der Waals surface area contributed by atoms with Gasteiger partial charge in [0.15, 0.2) is 0 Å². The van der Waals surface area contributed by atoms with Crippen LogP contribution in [0.3, 0.4) is 0 Å². The molecule has 1 aliphatic rings. The van der Waals surface area contributed by atoms with Crippen molar-refractivity contribution in [2.45, 2.75) is 12.8 Å². The normalized spacial score (nSPS) is 18.0. The summed E-state index contributed by atoms with van der Waals surface area (Å²) in [5.74, 6) is -2.06. The molecule has 1 aliphatic carbocycles. The summed E-state index contributed by atoms with van der Waals surface area (Å²) in [6.07, 6.45) is 0.907. The largest absolute Gasteiger partial charge is 0.463 e. The zero-order valence-corrected chi connectivity index (χ0v) is 8.83. The lowest BCUT2D eigenvalue weighted by molar-refractivity contribution is -0.153.